The van der Waals surface area contributed by atoms with Gasteiger partial charge in [0.25, 0.3) is 0 Å². The van der Waals surface area contributed by atoms with Gasteiger partial charge in [-0.25, -0.2) is 0 Å². The van der Waals surface area contributed by atoms with Crippen LogP contribution in [0.1, 0.15) is 65.2 Å². The van der Waals surface area contributed by atoms with Crippen LogP contribution in [0, 0.1) is 5.92 Å². The number of rotatable bonds is 4. The van der Waals surface area contributed by atoms with E-state index >= 15 is 0 Å². The zero-order chi connectivity index (χ0) is 12.3. The lowest BCUT2D eigenvalue weighted by atomic mass is 9.75. The Labute approximate surface area is 107 Å². The summed E-state index contributed by atoms with van der Waals surface area (Å²) in [4.78, 5) is 2.82. The molecular formula is C15H30N2. The van der Waals surface area contributed by atoms with E-state index in [1.165, 1.54) is 57.9 Å². The Kier molecular flexibility index (Phi) is 4.48. The summed E-state index contributed by atoms with van der Waals surface area (Å²) < 4.78 is 0. The molecule has 0 aromatic carbocycles. The van der Waals surface area contributed by atoms with Crippen molar-refractivity contribution in [1.82, 2.24) is 4.90 Å². The van der Waals surface area contributed by atoms with Gasteiger partial charge in [0.05, 0.1) is 0 Å². The van der Waals surface area contributed by atoms with Crippen molar-refractivity contribution in [2.45, 2.75) is 76.8 Å². The van der Waals surface area contributed by atoms with Crippen LogP contribution in [-0.2, 0) is 0 Å². The summed E-state index contributed by atoms with van der Waals surface area (Å²) in [5, 5.41) is 0. The Balaban J connectivity index is 2.16. The van der Waals surface area contributed by atoms with E-state index in [0.29, 0.717) is 5.54 Å². The van der Waals surface area contributed by atoms with Gasteiger partial charge in [0.1, 0.15) is 0 Å². The summed E-state index contributed by atoms with van der Waals surface area (Å²) in [7, 11) is 0. The Morgan fingerprint density at radius 1 is 1.06 bits per heavy atom. The SMILES string of the molecule is CCC(CC)(CN)N1CCCC2CCCCC21. The number of piperidine rings is 1. The largest absolute Gasteiger partial charge is 0.329 e. The molecule has 0 bridgehead atoms. The molecule has 1 heterocycles. The monoisotopic (exact) mass is 238 g/mol. The Hall–Kier alpha value is -0.0800. The minimum absolute atomic E-state index is 0.292. The van der Waals surface area contributed by atoms with Gasteiger partial charge in [-0.3, -0.25) is 4.90 Å². The lowest BCUT2D eigenvalue weighted by Crippen LogP contribution is -2.61. The molecule has 2 unspecified atom stereocenters. The van der Waals surface area contributed by atoms with E-state index in [2.05, 4.69) is 18.7 Å². The van der Waals surface area contributed by atoms with E-state index in [9.17, 15) is 0 Å². The van der Waals surface area contributed by atoms with Crippen LogP contribution in [0.3, 0.4) is 0 Å². The molecule has 0 amide bonds. The van der Waals surface area contributed by atoms with E-state index in [4.69, 9.17) is 5.73 Å². The van der Waals surface area contributed by atoms with Gasteiger partial charge >= 0.3 is 0 Å². The van der Waals surface area contributed by atoms with E-state index < -0.39 is 0 Å². The van der Waals surface area contributed by atoms with E-state index in [0.717, 1.165) is 18.5 Å². The Morgan fingerprint density at radius 3 is 2.35 bits per heavy atom. The molecule has 2 aliphatic rings. The van der Waals surface area contributed by atoms with Crippen LogP contribution < -0.4 is 5.73 Å². The third-order valence-electron chi connectivity index (χ3n) is 5.55. The van der Waals surface area contributed by atoms with Crippen LogP contribution in [0.15, 0.2) is 0 Å². The van der Waals surface area contributed by atoms with Crippen molar-refractivity contribution in [1.29, 1.82) is 0 Å². The molecule has 0 aromatic heterocycles. The summed E-state index contributed by atoms with van der Waals surface area (Å²) in [5.74, 6) is 0.974. The summed E-state index contributed by atoms with van der Waals surface area (Å²) in [6.07, 6.45) is 11.1. The first-order valence-corrected chi connectivity index (χ1v) is 7.74. The molecule has 1 saturated heterocycles. The highest BCUT2D eigenvalue weighted by Gasteiger charge is 2.42. The first kappa shape index (κ1) is 13.4. The molecule has 100 valence electrons. The number of nitrogens with two attached hydrogens (primary N) is 1. The minimum Gasteiger partial charge on any atom is -0.329 e. The number of hydrogen-bond donors (Lipinski definition) is 1. The zero-order valence-corrected chi connectivity index (χ0v) is 11.8. The van der Waals surface area contributed by atoms with Crippen LogP contribution in [0.4, 0.5) is 0 Å². The number of nitrogens with zero attached hydrogens (tertiary/aromatic N) is 1. The highest BCUT2D eigenvalue weighted by Crippen LogP contribution is 2.40. The third kappa shape index (κ3) is 2.39. The van der Waals surface area contributed by atoms with Gasteiger partial charge < -0.3 is 5.73 Å². The normalized spacial score (nSPS) is 31.2. The quantitative estimate of drug-likeness (QED) is 0.815. The molecule has 2 fully saturated rings. The highest BCUT2D eigenvalue weighted by molar-refractivity contribution is 4.98. The third-order valence-corrected chi connectivity index (χ3v) is 5.55. The van der Waals surface area contributed by atoms with Gasteiger partial charge in [0, 0.05) is 18.1 Å². The predicted octanol–water partition coefficient (Wildman–Crippen LogP) is 3.16. The maximum absolute atomic E-state index is 6.14. The molecule has 0 spiro atoms. The van der Waals surface area contributed by atoms with Crippen molar-refractivity contribution in [3.8, 4) is 0 Å². The number of hydrogen-bond acceptors (Lipinski definition) is 2. The maximum atomic E-state index is 6.14. The molecule has 2 atom stereocenters. The van der Waals surface area contributed by atoms with Crippen LogP contribution in [-0.4, -0.2) is 29.6 Å². The predicted molar refractivity (Wildman–Crippen MR) is 74.1 cm³/mol. The topological polar surface area (TPSA) is 29.3 Å². The molecule has 1 saturated carbocycles. The van der Waals surface area contributed by atoms with Gasteiger partial charge in [0.15, 0.2) is 0 Å². The van der Waals surface area contributed by atoms with Crippen molar-refractivity contribution in [3.63, 3.8) is 0 Å². The van der Waals surface area contributed by atoms with E-state index in [1.807, 2.05) is 0 Å². The van der Waals surface area contributed by atoms with Crippen LogP contribution in [0.5, 0.6) is 0 Å². The second-order valence-corrected chi connectivity index (χ2v) is 6.08. The smallest absolute Gasteiger partial charge is 0.0329 e. The standard InChI is InChI=1S/C15H30N2/c1-3-15(4-2,12-16)17-11-7-9-13-8-5-6-10-14(13)17/h13-14H,3-12,16H2,1-2H3. The average Bonchev–Trinajstić information content (AvgIpc) is 2.41. The summed E-state index contributed by atoms with van der Waals surface area (Å²) >= 11 is 0. The van der Waals surface area contributed by atoms with Crippen molar-refractivity contribution >= 4 is 0 Å². The van der Waals surface area contributed by atoms with Crippen LogP contribution in [0.2, 0.25) is 0 Å². The molecule has 2 heteroatoms. The van der Waals surface area contributed by atoms with E-state index in [1.54, 1.807) is 0 Å². The van der Waals surface area contributed by atoms with Crippen LogP contribution >= 0.6 is 0 Å². The second kappa shape index (κ2) is 5.71. The minimum atomic E-state index is 0.292. The van der Waals surface area contributed by atoms with Crippen molar-refractivity contribution < 1.29 is 0 Å². The molecule has 1 aliphatic carbocycles. The van der Waals surface area contributed by atoms with Gasteiger partial charge in [-0.1, -0.05) is 26.7 Å². The molecule has 2 N–H and O–H groups in total. The summed E-state index contributed by atoms with van der Waals surface area (Å²) in [6, 6.07) is 0.848. The highest BCUT2D eigenvalue weighted by atomic mass is 15.2. The first-order valence-electron chi connectivity index (χ1n) is 7.74. The summed E-state index contributed by atoms with van der Waals surface area (Å²) in [5.41, 5.74) is 6.43. The van der Waals surface area contributed by atoms with E-state index in [-0.39, 0.29) is 0 Å². The fourth-order valence-electron chi connectivity index (χ4n) is 4.28. The van der Waals surface area contributed by atoms with Crippen LogP contribution in [0.25, 0.3) is 0 Å². The average molecular weight is 238 g/mol. The zero-order valence-electron chi connectivity index (χ0n) is 11.8. The molecule has 0 radical (unpaired) electrons. The molecular weight excluding hydrogens is 208 g/mol. The lowest BCUT2D eigenvalue weighted by Gasteiger charge is -2.53. The van der Waals surface area contributed by atoms with Gasteiger partial charge in [-0.15, -0.1) is 0 Å². The molecule has 2 rings (SSSR count). The van der Waals surface area contributed by atoms with Crippen molar-refractivity contribution in [2.75, 3.05) is 13.1 Å². The number of fused-ring (bicyclic) bond motifs is 1. The molecule has 0 aromatic rings. The molecule has 17 heavy (non-hydrogen) atoms. The first-order chi connectivity index (χ1) is 8.27. The van der Waals surface area contributed by atoms with Gasteiger partial charge in [0.2, 0.25) is 0 Å². The summed E-state index contributed by atoms with van der Waals surface area (Å²) in [6.45, 7) is 6.77. The molecule has 2 nitrogen and oxygen atoms in total. The Morgan fingerprint density at radius 2 is 1.71 bits per heavy atom. The van der Waals surface area contributed by atoms with Crippen molar-refractivity contribution in [2.24, 2.45) is 11.7 Å². The Bertz CT molecular complexity index is 225. The maximum Gasteiger partial charge on any atom is 0.0329 e. The van der Waals surface area contributed by atoms with Gasteiger partial charge in [-0.2, -0.15) is 0 Å². The fraction of sp³-hybridized carbons (Fsp3) is 1.00. The lowest BCUT2D eigenvalue weighted by molar-refractivity contribution is -0.0298. The van der Waals surface area contributed by atoms with Crippen molar-refractivity contribution in [3.05, 3.63) is 0 Å². The molecule has 1 aliphatic heterocycles. The van der Waals surface area contributed by atoms with Gasteiger partial charge in [-0.05, 0) is 51.0 Å². The fourth-order valence-corrected chi connectivity index (χ4v) is 4.28. The second-order valence-electron chi connectivity index (χ2n) is 6.08. The number of likely N-dealkylation sites (tertiary alicyclic amines) is 1.